The van der Waals surface area contributed by atoms with Crippen LogP contribution in [0.3, 0.4) is 0 Å². The van der Waals surface area contributed by atoms with E-state index in [1.54, 1.807) is 11.5 Å². The number of halogens is 2. The van der Waals surface area contributed by atoms with Crippen LogP contribution in [0.25, 0.3) is 10.9 Å². The molecule has 0 saturated heterocycles. The quantitative estimate of drug-likeness (QED) is 0.528. The van der Waals surface area contributed by atoms with Crippen LogP contribution >= 0.6 is 11.6 Å². The van der Waals surface area contributed by atoms with Crippen LogP contribution in [0.2, 0.25) is 5.02 Å². The van der Waals surface area contributed by atoms with Gasteiger partial charge in [-0.15, -0.1) is 0 Å². The van der Waals surface area contributed by atoms with Crippen LogP contribution in [0.4, 0.5) is 9.18 Å². The monoisotopic (exact) mass is 458 g/mol. The summed E-state index contributed by atoms with van der Waals surface area (Å²) >= 11 is 6.02. The third kappa shape index (κ3) is 4.30. The summed E-state index contributed by atoms with van der Waals surface area (Å²) in [6, 6.07) is 11.3. The van der Waals surface area contributed by atoms with Crippen LogP contribution in [-0.2, 0) is 29.0 Å². The second-order valence-corrected chi connectivity index (χ2v) is 8.39. The highest BCUT2D eigenvalue weighted by atomic mass is 35.5. The van der Waals surface area contributed by atoms with Gasteiger partial charge >= 0.3 is 12.1 Å². The Labute approximate surface area is 189 Å². The predicted octanol–water partition coefficient (Wildman–Crippen LogP) is 5.25. The Morgan fingerprint density at radius 1 is 1.31 bits per heavy atom. The van der Waals surface area contributed by atoms with E-state index in [2.05, 4.69) is 5.32 Å². The van der Waals surface area contributed by atoms with E-state index in [0.717, 1.165) is 16.8 Å². The van der Waals surface area contributed by atoms with Crippen molar-refractivity contribution in [2.45, 2.75) is 51.3 Å². The first-order chi connectivity index (χ1) is 15.4. The van der Waals surface area contributed by atoms with Gasteiger partial charge in [-0.1, -0.05) is 48.9 Å². The Balaban J connectivity index is 1.59. The Morgan fingerprint density at radius 2 is 2.06 bits per heavy atom. The van der Waals surface area contributed by atoms with Gasteiger partial charge in [-0.3, -0.25) is 0 Å². The van der Waals surface area contributed by atoms with Crippen LogP contribution in [0, 0.1) is 5.82 Å². The number of carbonyl (C=O) groups excluding carboxylic acids is 1. The van der Waals surface area contributed by atoms with Gasteiger partial charge in [0.25, 0.3) is 0 Å². The maximum Gasteiger partial charge on any atom is 0.407 e. The number of carboxylic acids is 1. The fourth-order valence-corrected chi connectivity index (χ4v) is 4.62. The molecule has 3 aromatic rings. The fraction of sp³-hybridized carbons (Fsp3) is 0.333. The number of alkyl carbamates (subject to hydrolysis) is 1. The summed E-state index contributed by atoms with van der Waals surface area (Å²) in [5.41, 5.74) is 3.19. The highest BCUT2D eigenvalue weighted by Gasteiger charge is 2.31. The molecule has 0 fully saturated rings. The lowest BCUT2D eigenvalue weighted by Crippen LogP contribution is -2.39. The van der Waals surface area contributed by atoms with Gasteiger partial charge in [0.2, 0.25) is 0 Å². The van der Waals surface area contributed by atoms with Crippen molar-refractivity contribution in [1.82, 2.24) is 9.88 Å². The fourth-order valence-electron chi connectivity index (χ4n) is 4.46. The van der Waals surface area contributed by atoms with Crippen molar-refractivity contribution in [2.75, 3.05) is 0 Å². The van der Waals surface area contributed by atoms with Crippen molar-refractivity contribution in [3.63, 3.8) is 0 Å². The largest absolute Gasteiger partial charge is 0.480 e. The molecule has 1 aliphatic carbocycles. The second kappa shape index (κ2) is 9.20. The van der Waals surface area contributed by atoms with Gasteiger partial charge in [0.15, 0.2) is 0 Å². The molecule has 1 unspecified atom stereocenters. The number of benzene rings is 2. The standard InChI is InChI=1S/C24H24ClFN2O4/c1-2-20(23(29)30)28-21-9-8-15(27-24(31)32-13-14-6-4-3-5-7-14)10-16(21)17-11-19(26)18(25)12-22(17)28/h3-7,11-12,15,20H,2,8-10,13H2,1H3,(H,27,31)(H,29,30)/t15-,20?/m0/s1. The molecule has 1 aliphatic rings. The lowest BCUT2D eigenvalue weighted by Gasteiger charge is -2.26. The zero-order chi connectivity index (χ0) is 22.8. The van der Waals surface area contributed by atoms with Crippen LogP contribution in [-0.4, -0.2) is 27.8 Å². The molecule has 0 aliphatic heterocycles. The molecule has 2 N–H and O–H groups in total. The summed E-state index contributed by atoms with van der Waals surface area (Å²) in [4.78, 5) is 24.2. The van der Waals surface area contributed by atoms with Crippen LogP contribution in [0.1, 0.15) is 42.6 Å². The Morgan fingerprint density at radius 3 is 2.75 bits per heavy atom. The summed E-state index contributed by atoms with van der Waals surface area (Å²) in [7, 11) is 0. The SMILES string of the molecule is CCC(C(=O)O)n1c2c(c3cc(F)c(Cl)cc31)C[C@@H](NC(=O)OCc1ccccc1)CC2. The van der Waals surface area contributed by atoms with Gasteiger partial charge in [0.1, 0.15) is 18.5 Å². The lowest BCUT2D eigenvalue weighted by atomic mass is 9.91. The van der Waals surface area contributed by atoms with E-state index in [9.17, 15) is 19.1 Å². The number of aliphatic carboxylic acids is 1. The van der Waals surface area contributed by atoms with E-state index < -0.39 is 23.9 Å². The summed E-state index contributed by atoms with van der Waals surface area (Å²) in [6.07, 6.45) is 1.49. The van der Waals surface area contributed by atoms with E-state index in [4.69, 9.17) is 16.3 Å². The van der Waals surface area contributed by atoms with Crippen molar-refractivity contribution < 1.29 is 23.8 Å². The summed E-state index contributed by atoms with van der Waals surface area (Å²) in [5.74, 6) is -1.50. The minimum Gasteiger partial charge on any atom is -0.480 e. The average Bonchev–Trinajstić information content (AvgIpc) is 3.06. The van der Waals surface area contributed by atoms with Crippen molar-refractivity contribution in [3.8, 4) is 0 Å². The zero-order valence-electron chi connectivity index (χ0n) is 17.6. The Bertz CT molecular complexity index is 1160. The number of amides is 1. The number of fused-ring (bicyclic) bond motifs is 3. The number of rotatable bonds is 6. The number of nitrogens with zero attached hydrogens (tertiary/aromatic N) is 1. The first-order valence-corrected chi connectivity index (χ1v) is 11.0. The van der Waals surface area contributed by atoms with Crippen LogP contribution < -0.4 is 5.32 Å². The van der Waals surface area contributed by atoms with Gasteiger partial charge < -0.3 is 19.7 Å². The third-order valence-electron chi connectivity index (χ3n) is 5.96. The molecule has 1 aromatic heterocycles. The van der Waals surface area contributed by atoms with Gasteiger partial charge in [-0.25, -0.2) is 14.0 Å². The number of carboxylic acid groups (broad SMARTS) is 1. The number of carbonyl (C=O) groups is 2. The molecule has 4 rings (SSSR count). The zero-order valence-corrected chi connectivity index (χ0v) is 18.4. The maximum atomic E-state index is 14.3. The van der Waals surface area contributed by atoms with E-state index in [-0.39, 0.29) is 17.7 Å². The molecule has 168 valence electrons. The smallest absolute Gasteiger partial charge is 0.407 e. The van der Waals surface area contributed by atoms with Crippen molar-refractivity contribution >= 4 is 34.6 Å². The molecular formula is C24H24ClFN2O4. The minimum atomic E-state index is -0.947. The first kappa shape index (κ1) is 22.1. The highest BCUT2D eigenvalue weighted by Crippen LogP contribution is 2.37. The molecule has 1 heterocycles. The molecule has 8 heteroatoms. The number of ether oxygens (including phenoxy) is 1. The predicted molar refractivity (Wildman–Crippen MR) is 119 cm³/mol. The van der Waals surface area contributed by atoms with E-state index >= 15 is 0 Å². The van der Waals surface area contributed by atoms with Crippen molar-refractivity contribution in [3.05, 3.63) is 70.1 Å². The molecule has 1 amide bonds. The van der Waals surface area contributed by atoms with E-state index in [0.29, 0.717) is 36.6 Å². The maximum absolute atomic E-state index is 14.3. The molecule has 2 atom stereocenters. The first-order valence-electron chi connectivity index (χ1n) is 10.6. The molecule has 0 saturated carbocycles. The van der Waals surface area contributed by atoms with E-state index in [1.165, 1.54) is 12.1 Å². The van der Waals surface area contributed by atoms with Gasteiger partial charge in [-0.2, -0.15) is 0 Å². The van der Waals surface area contributed by atoms with Crippen molar-refractivity contribution in [1.29, 1.82) is 0 Å². The summed E-state index contributed by atoms with van der Waals surface area (Å²) < 4.78 is 21.4. The average molecular weight is 459 g/mol. The number of nitrogens with one attached hydrogen (secondary N) is 1. The summed E-state index contributed by atoms with van der Waals surface area (Å²) in [6.45, 7) is 1.97. The molecular weight excluding hydrogens is 435 g/mol. The van der Waals surface area contributed by atoms with Gasteiger partial charge in [-0.05, 0) is 48.9 Å². The number of hydrogen-bond donors (Lipinski definition) is 2. The molecule has 2 aromatic carbocycles. The van der Waals surface area contributed by atoms with Gasteiger partial charge in [0, 0.05) is 17.1 Å². The second-order valence-electron chi connectivity index (χ2n) is 7.99. The molecule has 0 radical (unpaired) electrons. The Hall–Kier alpha value is -3.06. The highest BCUT2D eigenvalue weighted by molar-refractivity contribution is 6.31. The molecule has 0 bridgehead atoms. The topological polar surface area (TPSA) is 80.6 Å². The number of aromatic nitrogens is 1. The van der Waals surface area contributed by atoms with Crippen LogP contribution in [0.5, 0.6) is 0 Å². The molecule has 6 nitrogen and oxygen atoms in total. The normalized spacial score (nSPS) is 16.4. The number of hydrogen-bond acceptors (Lipinski definition) is 3. The van der Waals surface area contributed by atoms with Crippen LogP contribution in [0.15, 0.2) is 42.5 Å². The van der Waals surface area contributed by atoms with E-state index in [1.807, 2.05) is 30.3 Å². The molecule has 32 heavy (non-hydrogen) atoms. The van der Waals surface area contributed by atoms with Crippen molar-refractivity contribution in [2.24, 2.45) is 0 Å². The van der Waals surface area contributed by atoms with Gasteiger partial charge in [0.05, 0.1) is 10.5 Å². The third-order valence-corrected chi connectivity index (χ3v) is 6.25. The Kier molecular flexibility index (Phi) is 6.37. The lowest BCUT2D eigenvalue weighted by molar-refractivity contribution is -0.140. The molecule has 0 spiro atoms. The minimum absolute atomic E-state index is 0.0481. The summed E-state index contributed by atoms with van der Waals surface area (Å²) in [5, 5.41) is 13.2.